The van der Waals surface area contributed by atoms with E-state index in [9.17, 15) is 8.78 Å². The summed E-state index contributed by atoms with van der Waals surface area (Å²) in [6.07, 6.45) is 0.510. The summed E-state index contributed by atoms with van der Waals surface area (Å²) in [7, 11) is 0. The molecule has 0 spiro atoms. The van der Waals surface area contributed by atoms with Gasteiger partial charge < -0.3 is 0 Å². The van der Waals surface area contributed by atoms with Crippen molar-refractivity contribution in [3.63, 3.8) is 0 Å². The Morgan fingerprint density at radius 3 is 1.75 bits per heavy atom. The molecule has 0 aromatic heterocycles. The molecule has 0 aliphatic carbocycles. The zero-order valence-electron chi connectivity index (χ0n) is 4.91. The van der Waals surface area contributed by atoms with Gasteiger partial charge in [-0.25, -0.2) is 0 Å². The van der Waals surface area contributed by atoms with Gasteiger partial charge >= 0.3 is 0 Å². The summed E-state index contributed by atoms with van der Waals surface area (Å²) in [6.45, 7) is 3.53. The van der Waals surface area contributed by atoms with Crippen LogP contribution in [0.2, 0.25) is 0 Å². The Kier molecular flexibility index (Phi) is 3.08. The lowest BCUT2D eigenvalue weighted by atomic mass is 10.3. The van der Waals surface area contributed by atoms with Gasteiger partial charge in [-0.1, -0.05) is 11.6 Å². The molecule has 0 unspecified atom stereocenters. The Bertz CT molecular complexity index is 98.5. The van der Waals surface area contributed by atoms with Crippen molar-refractivity contribution >= 4 is 0 Å². The van der Waals surface area contributed by atoms with Crippen molar-refractivity contribution in [1.82, 2.24) is 0 Å². The summed E-state index contributed by atoms with van der Waals surface area (Å²) in [6, 6.07) is 0. The summed E-state index contributed by atoms with van der Waals surface area (Å²) >= 11 is 0. The van der Waals surface area contributed by atoms with Crippen LogP contribution in [0.3, 0.4) is 0 Å². The van der Waals surface area contributed by atoms with Gasteiger partial charge in [-0.2, -0.15) is 8.78 Å². The van der Waals surface area contributed by atoms with E-state index >= 15 is 0 Å². The highest BCUT2D eigenvalue weighted by Crippen LogP contribution is 1.98. The number of allylic oxidation sites excluding steroid dienone is 3. The Labute approximate surface area is 47.5 Å². The van der Waals surface area contributed by atoms with Crippen LogP contribution in [0.4, 0.5) is 8.78 Å². The Hall–Kier alpha value is -0.660. The van der Waals surface area contributed by atoms with E-state index in [0.29, 0.717) is 0 Å². The van der Waals surface area contributed by atoms with Crippen LogP contribution in [0.1, 0.15) is 13.8 Å². The Balaban J connectivity index is 3.76. The van der Waals surface area contributed by atoms with Crippen LogP contribution in [0.25, 0.3) is 0 Å². The molecular weight excluding hydrogens is 110 g/mol. The van der Waals surface area contributed by atoms with Gasteiger partial charge in [0.2, 0.25) is 0 Å². The smallest absolute Gasteiger partial charge is 0.173 e. The minimum Gasteiger partial charge on any atom is -0.173 e. The van der Waals surface area contributed by atoms with Crippen LogP contribution >= 0.6 is 0 Å². The highest BCUT2D eigenvalue weighted by atomic mass is 19.3. The molecule has 0 saturated carbocycles. The standard InChI is InChI=1S/C6H8F2/c1-5(2)3-4-6(7)8/h3-4H,1-2H3. The molecule has 0 radical (unpaired) electrons. The normalized spacial score (nSPS) is 8.00. The third-order valence-corrected chi connectivity index (χ3v) is 0.543. The van der Waals surface area contributed by atoms with E-state index in [1.54, 1.807) is 13.8 Å². The molecule has 0 nitrogen and oxygen atoms in total. The second-order valence-electron chi connectivity index (χ2n) is 1.70. The minimum atomic E-state index is -1.65. The summed E-state index contributed by atoms with van der Waals surface area (Å²) in [5.74, 6) is 0. The van der Waals surface area contributed by atoms with E-state index < -0.39 is 6.08 Å². The minimum absolute atomic E-state index is 0.787. The van der Waals surface area contributed by atoms with Crippen LogP contribution in [0.5, 0.6) is 0 Å². The van der Waals surface area contributed by atoms with Gasteiger partial charge in [-0.05, 0) is 13.8 Å². The Morgan fingerprint density at radius 2 is 1.62 bits per heavy atom. The van der Waals surface area contributed by atoms with E-state index in [1.807, 2.05) is 0 Å². The first-order valence-corrected chi connectivity index (χ1v) is 2.29. The number of hydrogen-bond acceptors (Lipinski definition) is 0. The fourth-order valence-electron chi connectivity index (χ4n) is 0.230. The van der Waals surface area contributed by atoms with Crippen molar-refractivity contribution in [3.8, 4) is 0 Å². The molecule has 0 amide bonds. The van der Waals surface area contributed by atoms with Crippen LogP contribution in [-0.2, 0) is 0 Å². The van der Waals surface area contributed by atoms with Gasteiger partial charge in [-0.3, -0.25) is 0 Å². The molecule has 0 atom stereocenters. The van der Waals surface area contributed by atoms with Crippen molar-refractivity contribution < 1.29 is 8.78 Å². The Morgan fingerprint density at radius 1 is 1.12 bits per heavy atom. The quantitative estimate of drug-likeness (QED) is 0.464. The predicted molar refractivity (Wildman–Crippen MR) is 29.7 cm³/mol. The maximum atomic E-state index is 11.2. The van der Waals surface area contributed by atoms with E-state index in [0.717, 1.165) is 11.6 Å². The molecule has 2 heteroatoms. The van der Waals surface area contributed by atoms with Crippen LogP contribution < -0.4 is 0 Å². The zero-order valence-corrected chi connectivity index (χ0v) is 4.91. The summed E-state index contributed by atoms with van der Waals surface area (Å²) in [5, 5.41) is 0. The highest BCUT2D eigenvalue weighted by Gasteiger charge is 1.80. The van der Waals surface area contributed by atoms with E-state index in [-0.39, 0.29) is 0 Å². The summed E-state index contributed by atoms with van der Waals surface area (Å²) in [5.41, 5.74) is 0.873. The molecule has 0 aromatic carbocycles. The lowest BCUT2D eigenvalue weighted by Gasteiger charge is -1.79. The molecule has 0 bridgehead atoms. The molecule has 0 rings (SSSR count). The zero-order chi connectivity index (χ0) is 6.57. The fraction of sp³-hybridized carbons (Fsp3) is 0.333. The molecule has 8 heavy (non-hydrogen) atoms. The van der Waals surface area contributed by atoms with E-state index in [2.05, 4.69) is 0 Å². The van der Waals surface area contributed by atoms with E-state index in [4.69, 9.17) is 0 Å². The molecule has 0 aliphatic heterocycles. The first-order chi connectivity index (χ1) is 3.63. The van der Waals surface area contributed by atoms with Gasteiger partial charge in [0.1, 0.15) is 0 Å². The second-order valence-corrected chi connectivity index (χ2v) is 1.70. The van der Waals surface area contributed by atoms with Gasteiger partial charge in [0, 0.05) is 6.08 Å². The molecule has 0 saturated heterocycles. The molecular formula is C6H8F2. The molecule has 0 fully saturated rings. The third-order valence-electron chi connectivity index (χ3n) is 0.543. The van der Waals surface area contributed by atoms with Gasteiger partial charge in [0.05, 0.1) is 0 Å². The highest BCUT2D eigenvalue weighted by molar-refractivity contribution is 5.08. The van der Waals surface area contributed by atoms with Crippen molar-refractivity contribution in [3.05, 3.63) is 23.8 Å². The van der Waals surface area contributed by atoms with Crippen molar-refractivity contribution in [1.29, 1.82) is 0 Å². The fourth-order valence-corrected chi connectivity index (χ4v) is 0.230. The molecule has 46 valence electrons. The van der Waals surface area contributed by atoms with Crippen molar-refractivity contribution in [2.75, 3.05) is 0 Å². The first kappa shape index (κ1) is 7.34. The van der Waals surface area contributed by atoms with Crippen LogP contribution in [0.15, 0.2) is 23.8 Å². The monoisotopic (exact) mass is 118 g/mol. The topological polar surface area (TPSA) is 0 Å². The van der Waals surface area contributed by atoms with Gasteiger partial charge in [0.25, 0.3) is 6.08 Å². The second kappa shape index (κ2) is 3.36. The van der Waals surface area contributed by atoms with Crippen LogP contribution in [0, 0.1) is 0 Å². The molecule has 0 N–H and O–H groups in total. The molecule has 0 aromatic rings. The van der Waals surface area contributed by atoms with E-state index in [1.165, 1.54) is 6.08 Å². The van der Waals surface area contributed by atoms with Gasteiger partial charge in [-0.15, -0.1) is 0 Å². The summed E-state index contributed by atoms with van der Waals surface area (Å²) < 4.78 is 22.4. The predicted octanol–water partition coefficient (Wildman–Crippen LogP) is 2.73. The average Bonchev–Trinajstić information content (AvgIpc) is 1.61. The first-order valence-electron chi connectivity index (χ1n) is 2.29. The largest absolute Gasteiger partial charge is 0.270 e. The summed E-state index contributed by atoms with van der Waals surface area (Å²) in [4.78, 5) is 0. The lowest BCUT2D eigenvalue weighted by Crippen LogP contribution is -1.59. The third kappa shape index (κ3) is 5.34. The maximum Gasteiger partial charge on any atom is 0.270 e. The van der Waals surface area contributed by atoms with Gasteiger partial charge in [0.15, 0.2) is 0 Å². The average molecular weight is 118 g/mol. The lowest BCUT2D eigenvalue weighted by molar-refractivity contribution is 0.422. The number of rotatable bonds is 1. The molecule has 0 aliphatic rings. The number of halogens is 2. The van der Waals surface area contributed by atoms with Crippen LogP contribution in [-0.4, -0.2) is 0 Å². The number of hydrogen-bond donors (Lipinski definition) is 0. The SMILES string of the molecule is CC(C)=CC=C(F)F. The molecule has 0 heterocycles. The van der Waals surface area contributed by atoms with Crippen molar-refractivity contribution in [2.45, 2.75) is 13.8 Å². The maximum absolute atomic E-state index is 11.2. The van der Waals surface area contributed by atoms with Crippen molar-refractivity contribution in [2.24, 2.45) is 0 Å².